The standard InChI is InChI=1S/C28H33N3O4/c1-19(2)20-6-8-21(9-7-20)24(31-12-4-3-5-13-31)18-29-28(32)23-17-26(35-30-23)22-10-11-25-27(16-22)34-15-14-33-25/h6-11,16-17,19,24H,3-5,12-15,18H2,1-2H3,(H,29,32). The number of piperidine rings is 1. The van der Waals surface area contributed by atoms with Gasteiger partial charge in [0.15, 0.2) is 23.0 Å². The van der Waals surface area contributed by atoms with E-state index in [1.807, 2.05) is 18.2 Å². The van der Waals surface area contributed by atoms with Crippen LogP contribution in [0, 0.1) is 0 Å². The molecule has 0 bridgehead atoms. The molecule has 35 heavy (non-hydrogen) atoms. The Kier molecular flexibility index (Phi) is 7.04. The fraction of sp³-hybridized carbons (Fsp3) is 0.429. The number of amides is 1. The molecule has 1 N–H and O–H groups in total. The number of hydrogen-bond acceptors (Lipinski definition) is 6. The van der Waals surface area contributed by atoms with Gasteiger partial charge >= 0.3 is 0 Å². The molecule has 5 rings (SSSR count). The van der Waals surface area contributed by atoms with Gasteiger partial charge in [0.25, 0.3) is 5.91 Å². The molecule has 3 heterocycles. The van der Waals surface area contributed by atoms with Crippen molar-refractivity contribution in [3.63, 3.8) is 0 Å². The molecule has 1 unspecified atom stereocenters. The van der Waals surface area contributed by atoms with E-state index in [9.17, 15) is 4.79 Å². The maximum atomic E-state index is 13.0. The van der Waals surface area contributed by atoms with Gasteiger partial charge in [-0.25, -0.2) is 0 Å². The molecule has 1 saturated heterocycles. The van der Waals surface area contributed by atoms with Crippen molar-refractivity contribution in [3.8, 4) is 22.8 Å². The Morgan fingerprint density at radius 2 is 1.66 bits per heavy atom. The lowest BCUT2D eigenvalue weighted by molar-refractivity contribution is 0.0915. The molecule has 2 aromatic carbocycles. The van der Waals surface area contributed by atoms with E-state index in [4.69, 9.17) is 14.0 Å². The number of rotatable bonds is 7. The van der Waals surface area contributed by atoms with Crippen molar-refractivity contribution in [1.82, 2.24) is 15.4 Å². The first-order valence-corrected chi connectivity index (χ1v) is 12.6. The molecule has 1 amide bonds. The van der Waals surface area contributed by atoms with E-state index < -0.39 is 0 Å². The number of carbonyl (C=O) groups excluding carboxylic acids is 1. The molecule has 1 aromatic heterocycles. The van der Waals surface area contributed by atoms with E-state index in [1.54, 1.807) is 6.07 Å². The average Bonchev–Trinajstić information content (AvgIpc) is 3.40. The van der Waals surface area contributed by atoms with Crippen molar-refractivity contribution in [2.24, 2.45) is 0 Å². The van der Waals surface area contributed by atoms with Crippen molar-refractivity contribution >= 4 is 5.91 Å². The monoisotopic (exact) mass is 475 g/mol. The van der Waals surface area contributed by atoms with E-state index in [-0.39, 0.29) is 17.6 Å². The van der Waals surface area contributed by atoms with Crippen molar-refractivity contribution < 1.29 is 18.8 Å². The normalized spacial score (nSPS) is 16.8. The molecule has 0 radical (unpaired) electrons. The van der Waals surface area contributed by atoms with Crippen LogP contribution < -0.4 is 14.8 Å². The van der Waals surface area contributed by atoms with Crippen LogP contribution in [0.15, 0.2) is 53.1 Å². The Morgan fingerprint density at radius 1 is 0.943 bits per heavy atom. The number of likely N-dealkylation sites (tertiary alicyclic amines) is 1. The van der Waals surface area contributed by atoms with Crippen LogP contribution in [0.5, 0.6) is 11.5 Å². The minimum atomic E-state index is -0.238. The van der Waals surface area contributed by atoms with Crippen LogP contribution in [0.4, 0.5) is 0 Å². The van der Waals surface area contributed by atoms with Crippen molar-refractivity contribution in [1.29, 1.82) is 0 Å². The minimum Gasteiger partial charge on any atom is -0.486 e. The Hall–Kier alpha value is -3.32. The van der Waals surface area contributed by atoms with Crippen LogP contribution in [-0.2, 0) is 0 Å². The third kappa shape index (κ3) is 5.35. The zero-order chi connectivity index (χ0) is 24.2. The predicted molar refractivity (Wildman–Crippen MR) is 134 cm³/mol. The molecular weight excluding hydrogens is 442 g/mol. The number of ether oxygens (including phenoxy) is 2. The summed E-state index contributed by atoms with van der Waals surface area (Å²) < 4.78 is 16.7. The van der Waals surface area contributed by atoms with Crippen LogP contribution in [-0.4, -0.2) is 48.8 Å². The minimum absolute atomic E-state index is 0.129. The fourth-order valence-corrected chi connectivity index (χ4v) is 4.79. The van der Waals surface area contributed by atoms with Gasteiger partial charge < -0.3 is 19.3 Å². The van der Waals surface area contributed by atoms with Crippen molar-refractivity contribution in [3.05, 3.63) is 65.4 Å². The van der Waals surface area contributed by atoms with Gasteiger partial charge in [0, 0.05) is 18.2 Å². The highest BCUT2D eigenvalue weighted by atomic mass is 16.6. The molecule has 7 nitrogen and oxygen atoms in total. The second-order valence-electron chi connectivity index (χ2n) is 9.58. The van der Waals surface area contributed by atoms with Gasteiger partial charge in [-0.05, 0) is 61.2 Å². The summed E-state index contributed by atoms with van der Waals surface area (Å²) in [5.41, 5.74) is 3.61. The van der Waals surface area contributed by atoms with E-state index >= 15 is 0 Å². The number of fused-ring (bicyclic) bond motifs is 1. The van der Waals surface area contributed by atoms with E-state index in [0.29, 0.717) is 42.9 Å². The van der Waals surface area contributed by atoms with E-state index in [2.05, 4.69) is 53.5 Å². The van der Waals surface area contributed by atoms with Gasteiger partial charge in [-0.3, -0.25) is 9.69 Å². The van der Waals surface area contributed by atoms with Gasteiger partial charge in [-0.1, -0.05) is 49.7 Å². The molecule has 1 atom stereocenters. The zero-order valence-electron chi connectivity index (χ0n) is 20.5. The zero-order valence-corrected chi connectivity index (χ0v) is 20.5. The third-order valence-corrected chi connectivity index (χ3v) is 6.84. The fourth-order valence-electron chi connectivity index (χ4n) is 4.79. The summed E-state index contributed by atoms with van der Waals surface area (Å²) in [5.74, 6) is 2.15. The lowest BCUT2D eigenvalue weighted by atomic mass is 9.97. The molecule has 3 aromatic rings. The number of carbonyl (C=O) groups is 1. The number of nitrogens with one attached hydrogen (secondary N) is 1. The third-order valence-electron chi connectivity index (χ3n) is 6.84. The SMILES string of the molecule is CC(C)c1ccc(C(CNC(=O)c2cc(-c3ccc4c(c3)OCCO4)on2)N2CCCCC2)cc1. The molecule has 0 aliphatic carbocycles. The molecule has 2 aliphatic rings. The Balaban J connectivity index is 1.28. The Labute approximate surface area is 206 Å². The van der Waals surface area contributed by atoms with E-state index in [0.717, 1.165) is 18.7 Å². The summed E-state index contributed by atoms with van der Waals surface area (Å²) in [4.78, 5) is 15.5. The largest absolute Gasteiger partial charge is 0.486 e. The molecule has 7 heteroatoms. The number of benzene rings is 2. The molecule has 0 saturated carbocycles. The molecule has 184 valence electrons. The first-order chi connectivity index (χ1) is 17.1. The quantitative estimate of drug-likeness (QED) is 0.507. The number of aromatic nitrogens is 1. The summed E-state index contributed by atoms with van der Waals surface area (Å²) in [6.45, 7) is 8.07. The highest BCUT2D eigenvalue weighted by Gasteiger charge is 2.24. The highest BCUT2D eigenvalue weighted by molar-refractivity contribution is 5.93. The highest BCUT2D eigenvalue weighted by Crippen LogP contribution is 2.34. The Bertz CT molecular complexity index is 1150. The molecular formula is C28H33N3O4. The molecule has 1 fully saturated rings. The molecule has 2 aliphatic heterocycles. The van der Waals surface area contributed by atoms with Gasteiger partial charge in [-0.2, -0.15) is 0 Å². The summed E-state index contributed by atoms with van der Waals surface area (Å²) in [7, 11) is 0. The maximum absolute atomic E-state index is 13.0. The van der Waals surface area contributed by atoms with Crippen LogP contribution in [0.1, 0.15) is 66.7 Å². The van der Waals surface area contributed by atoms with Gasteiger partial charge in [-0.15, -0.1) is 0 Å². The predicted octanol–water partition coefficient (Wildman–Crippen LogP) is 5.19. The summed E-state index contributed by atoms with van der Waals surface area (Å²) >= 11 is 0. The average molecular weight is 476 g/mol. The topological polar surface area (TPSA) is 76.8 Å². The first kappa shape index (κ1) is 23.4. The van der Waals surface area contributed by atoms with Crippen molar-refractivity contribution in [2.45, 2.75) is 45.1 Å². The summed E-state index contributed by atoms with van der Waals surface area (Å²) in [6, 6.07) is 16.2. The van der Waals surface area contributed by atoms with Gasteiger partial charge in [0.1, 0.15) is 13.2 Å². The lowest BCUT2D eigenvalue weighted by Gasteiger charge is -2.35. The number of nitrogens with zero attached hydrogens (tertiary/aromatic N) is 2. The Morgan fingerprint density at radius 3 is 2.40 bits per heavy atom. The summed E-state index contributed by atoms with van der Waals surface area (Å²) in [6.07, 6.45) is 3.65. The first-order valence-electron chi connectivity index (χ1n) is 12.6. The second kappa shape index (κ2) is 10.5. The smallest absolute Gasteiger partial charge is 0.273 e. The summed E-state index contributed by atoms with van der Waals surface area (Å²) in [5, 5.41) is 7.13. The van der Waals surface area contributed by atoms with Crippen LogP contribution >= 0.6 is 0 Å². The van der Waals surface area contributed by atoms with Crippen LogP contribution in [0.3, 0.4) is 0 Å². The van der Waals surface area contributed by atoms with Crippen molar-refractivity contribution in [2.75, 3.05) is 32.8 Å². The van der Waals surface area contributed by atoms with Gasteiger partial charge in [0.2, 0.25) is 0 Å². The van der Waals surface area contributed by atoms with Crippen LogP contribution in [0.2, 0.25) is 0 Å². The second-order valence-corrected chi connectivity index (χ2v) is 9.58. The lowest BCUT2D eigenvalue weighted by Crippen LogP contribution is -2.40. The molecule has 0 spiro atoms. The van der Waals surface area contributed by atoms with E-state index in [1.165, 1.54) is 30.4 Å². The maximum Gasteiger partial charge on any atom is 0.273 e. The van der Waals surface area contributed by atoms with Gasteiger partial charge in [0.05, 0.1) is 6.04 Å². The number of hydrogen-bond donors (Lipinski definition) is 1. The van der Waals surface area contributed by atoms with Crippen LogP contribution in [0.25, 0.3) is 11.3 Å².